The summed E-state index contributed by atoms with van der Waals surface area (Å²) in [6.07, 6.45) is 1.32. The molecule has 0 aromatic heterocycles. The highest BCUT2D eigenvalue weighted by atomic mass is 16.5. The third-order valence-electron chi connectivity index (χ3n) is 3.52. The van der Waals surface area contributed by atoms with Gasteiger partial charge in [-0.15, -0.1) is 0 Å². The Balaban J connectivity index is 2.26. The van der Waals surface area contributed by atoms with E-state index in [4.69, 9.17) is 10.3 Å². The summed E-state index contributed by atoms with van der Waals surface area (Å²) in [4.78, 5) is 16.3. The van der Waals surface area contributed by atoms with Crippen molar-refractivity contribution in [2.75, 3.05) is 24.6 Å². The predicted molar refractivity (Wildman–Crippen MR) is 77.9 cm³/mol. The van der Waals surface area contributed by atoms with Crippen LogP contribution in [0.1, 0.15) is 30.1 Å². The van der Waals surface area contributed by atoms with Crippen molar-refractivity contribution in [2.24, 2.45) is 5.11 Å². The predicted octanol–water partition coefficient (Wildman–Crippen LogP) is 2.46. The van der Waals surface area contributed by atoms with Crippen molar-refractivity contribution < 1.29 is 14.6 Å². The van der Waals surface area contributed by atoms with E-state index in [1.807, 2.05) is 6.07 Å². The smallest absolute Gasteiger partial charge is 0.338 e. The van der Waals surface area contributed by atoms with E-state index in [0.29, 0.717) is 30.8 Å². The van der Waals surface area contributed by atoms with Gasteiger partial charge in [-0.2, -0.15) is 0 Å². The maximum Gasteiger partial charge on any atom is 0.338 e. The summed E-state index contributed by atoms with van der Waals surface area (Å²) in [5, 5.41) is 14.1. The normalized spacial score (nSPS) is 21.0. The minimum Gasteiger partial charge on any atom is -0.462 e. The van der Waals surface area contributed by atoms with Gasteiger partial charge in [-0.25, -0.2) is 4.79 Å². The topological polar surface area (TPSA) is 98.5 Å². The van der Waals surface area contributed by atoms with Gasteiger partial charge in [-0.3, -0.25) is 0 Å². The van der Waals surface area contributed by atoms with Gasteiger partial charge in [0.2, 0.25) is 0 Å². The van der Waals surface area contributed by atoms with Crippen LogP contribution >= 0.6 is 0 Å². The molecule has 7 heteroatoms. The highest BCUT2D eigenvalue weighted by Crippen LogP contribution is 2.33. The van der Waals surface area contributed by atoms with Crippen LogP contribution in [0.2, 0.25) is 0 Å². The molecule has 1 aromatic rings. The Kier molecular flexibility index (Phi) is 4.67. The van der Waals surface area contributed by atoms with E-state index >= 15 is 0 Å². The maximum absolute atomic E-state index is 11.8. The van der Waals surface area contributed by atoms with Crippen LogP contribution in [0.15, 0.2) is 29.4 Å². The molecule has 0 spiro atoms. The lowest BCUT2D eigenvalue weighted by Crippen LogP contribution is -2.46. The molecule has 1 aliphatic rings. The third-order valence-corrected chi connectivity index (χ3v) is 3.52. The van der Waals surface area contributed by atoms with E-state index in [0.717, 1.165) is 6.42 Å². The average Bonchev–Trinajstić information content (AvgIpc) is 2.88. The molecule has 21 heavy (non-hydrogen) atoms. The second-order valence-corrected chi connectivity index (χ2v) is 4.90. The van der Waals surface area contributed by atoms with Crippen molar-refractivity contribution in [2.45, 2.75) is 25.5 Å². The Labute approximate surface area is 122 Å². The summed E-state index contributed by atoms with van der Waals surface area (Å²) in [5.74, 6) is -0.392. The van der Waals surface area contributed by atoms with Gasteiger partial charge >= 0.3 is 5.97 Å². The van der Waals surface area contributed by atoms with Gasteiger partial charge in [0.15, 0.2) is 0 Å². The lowest BCUT2D eigenvalue weighted by Gasteiger charge is -2.34. The molecule has 1 heterocycles. The fourth-order valence-corrected chi connectivity index (χ4v) is 2.56. The molecular formula is C14H18N4O3. The molecule has 1 fully saturated rings. The van der Waals surface area contributed by atoms with Crippen LogP contribution in [0.25, 0.3) is 10.4 Å². The van der Waals surface area contributed by atoms with Gasteiger partial charge < -0.3 is 14.7 Å². The van der Waals surface area contributed by atoms with Crippen LogP contribution in [0.4, 0.5) is 5.69 Å². The molecular weight excluding hydrogens is 272 g/mol. The van der Waals surface area contributed by atoms with Crippen molar-refractivity contribution in [3.8, 4) is 0 Å². The summed E-state index contributed by atoms with van der Waals surface area (Å²) in [7, 11) is 0. The van der Waals surface area contributed by atoms with Gasteiger partial charge in [-0.05, 0) is 43.5 Å². The Bertz CT molecular complexity index is 571. The summed E-state index contributed by atoms with van der Waals surface area (Å²) < 4.78 is 4.98. The van der Waals surface area contributed by atoms with Crippen molar-refractivity contribution in [3.05, 3.63) is 40.3 Å². The van der Waals surface area contributed by atoms with E-state index in [1.165, 1.54) is 0 Å². The Morgan fingerprint density at radius 3 is 3.14 bits per heavy atom. The van der Waals surface area contributed by atoms with E-state index in [-0.39, 0.29) is 6.54 Å². The van der Waals surface area contributed by atoms with Crippen LogP contribution in [0.3, 0.4) is 0 Å². The largest absolute Gasteiger partial charge is 0.462 e. The monoisotopic (exact) mass is 290 g/mol. The summed E-state index contributed by atoms with van der Waals surface area (Å²) in [6, 6.07) is 6.91. The molecule has 1 saturated heterocycles. The third kappa shape index (κ3) is 3.26. The SMILES string of the molecule is CCOC(=O)c1cccc(N2CCCC2(O)CN=[N+]=[N-])c1. The Morgan fingerprint density at radius 1 is 1.62 bits per heavy atom. The van der Waals surface area contributed by atoms with Crippen molar-refractivity contribution in [3.63, 3.8) is 0 Å². The number of esters is 1. The van der Waals surface area contributed by atoms with Crippen LogP contribution in [-0.4, -0.2) is 36.5 Å². The molecule has 112 valence electrons. The standard InChI is InChI=1S/C14H18N4O3/c1-2-21-13(19)11-5-3-6-12(9-11)18-8-4-7-14(18,20)10-16-17-15/h3,5-6,9,20H,2,4,7-8,10H2,1H3. The van der Waals surface area contributed by atoms with Gasteiger partial charge in [0.05, 0.1) is 18.7 Å². The van der Waals surface area contributed by atoms with Gasteiger partial charge in [0, 0.05) is 17.1 Å². The quantitative estimate of drug-likeness (QED) is 0.389. The number of benzene rings is 1. The average molecular weight is 290 g/mol. The molecule has 1 N–H and O–H groups in total. The van der Waals surface area contributed by atoms with Gasteiger partial charge in [-0.1, -0.05) is 11.2 Å². The highest BCUT2D eigenvalue weighted by molar-refractivity contribution is 5.90. The summed E-state index contributed by atoms with van der Waals surface area (Å²) in [6.45, 7) is 2.69. The Hall–Kier alpha value is -2.24. The summed E-state index contributed by atoms with van der Waals surface area (Å²) >= 11 is 0. The van der Waals surface area contributed by atoms with Crippen molar-refractivity contribution in [1.82, 2.24) is 0 Å². The second kappa shape index (κ2) is 6.47. The van der Waals surface area contributed by atoms with Crippen molar-refractivity contribution in [1.29, 1.82) is 0 Å². The number of carbonyl (C=O) groups excluding carboxylic acids is 1. The molecule has 1 unspecified atom stereocenters. The van der Waals surface area contributed by atoms with E-state index < -0.39 is 11.7 Å². The Morgan fingerprint density at radius 2 is 2.43 bits per heavy atom. The van der Waals surface area contributed by atoms with Crippen molar-refractivity contribution >= 4 is 11.7 Å². The molecule has 1 atom stereocenters. The number of ether oxygens (including phenoxy) is 1. The number of carbonyl (C=O) groups is 1. The first-order chi connectivity index (χ1) is 10.1. The van der Waals surface area contributed by atoms with E-state index in [1.54, 1.807) is 30.0 Å². The highest BCUT2D eigenvalue weighted by Gasteiger charge is 2.38. The van der Waals surface area contributed by atoms with Gasteiger partial charge in [0.1, 0.15) is 5.72 Å². The first-order valence-corrected chi connectivity index (χ1v) is 6.89. The van der Waals surface area contributed by atoms with Crippen LogP contribution in [0.5, 0.6) is 0 Å². The number of hydrogen-bond donors (Lipinski definition) is 1. The molecule has 2 rings (SSSR count). The molecule has 0 aliphatic carbocycles. The summed E-state index contributed by atoms with van der Waals surface area (Å²) in [5.41, 5.74) is 8.40. The van der Waals surface area contributed by atoms with Crippen LogP contribution in [-0.2, 0) is 4.74 Å². The zero-order valence-corrected chi connectivity index (χ0v) is 11.9. The molecule has 0 amide bonds. The van der Waals surface area contributed by atoms with Crippen LogP contribution in [0, 0.1) is 0 Å². The van der Waals surface area contributed by atoms with E-state index in [2.05, 4.69) is 10.0 Å². The number of rotatable bonds is 5. The first kappa shape index (κ1) is 15.2. The minimum absolute atomic E-state index is 0.0207. The lowest BCUT2D eigenvalue weighted by atomic mass is 10.1. The molecule has 1 aliphatic heterocycles. The number of aliphatic hydroxyl groups is 1. The minimum atomic E-state index is -1.19. The second-order valence-electron chi connectivity index (χ2n) is 4.90. The number of azide groups is 1. The molecule has 7 nitrogen and oxygen atoms in total. The number of anilines is 1. The lowest BCUT2D eigenvalue weighted by molar-refractivity contribution is 0.0523. The maximum atomic E-state index is 11.8. The molecule has 1 aromatic carbocycles. The fraction of sp³-hybridized carbons (Fsp3) is 0.500. The fourth-order valence-electron chi connectivity index (χ4n) is 2.56. The van der Waals surface area contributed by atoms with Gasteiger partial charge in [0.25, 0.3) is 0 Å². The zero-order valence-electron chi connectivity index (χ0n) is 11.9. The first-order valence-electron chi connectivity index (χ1n) is 6.89. The number of nitrogens with zero attached hydrogens (tertiary/aromatic N) is 4. The molecule has 0 saturated carbocycles. The van der Waals surface area contributed by atoms with Crippen LogP contribution < -0.4 is 4.90 Å². The molecule has 0 bridgehead atoms. The molecule has 0 radical (unpaired) electrons. The van der Waals surface area contributed by atoms with E-state index in [9.17, 15) is 9.90 Å². The zero-order chi connectivity index (χ0) is 15.3. The number of hydrogen-bond acceptors (Lipinski definition) is 5.